The fraction of sp³-hybridized carbons (Fsp3) is 0.417. The number of aliphatic imine (C=N–C) groups is 1. The van der Waals surface area contributed by atoms with Gasteiger partial charge in [0.2, 0.25) is 11.5 Å². The number of carbonyl (C=O) groups excluding carboxylic acids is 3. The highest BCUT2D eigenvalue weighted by Gasteiger charge is 2.58. The number of amides is 3. The van der Waals surface area contributed by atoms with Crippen LogP contribution in [0.2, 0.25) is 0 Å². The van der Waals surface area contributed by atoms with Gasteiger partial charge < -0.3 is 36.1 Å². The molecule has 3 amide bonds. The van der Waals surface area contributed by atoms with Crippen molar-refractivity contribution < 1.29 is 44.1 Å². The molecule has 10 N–H and O–H groups in total. The molecule has 0 radical (unpaired) electrons. The number of hydrogen-bond acceptors (Lipinski definition) is 18. The first kappa shape index (κ1) is 33.9. The third-order valence-corrected chi connectivity index (χ3v) is 10.8. The predicted octanol–water partition coefficient (Wildman–Crippen LogP) is -2.41. The maximum atomic E-state index is 13.4. The Kier molecular flexibility index (Phi) is 9.38. The number of hydrazine groups is 3. The van der Waals surface area contributed by atoms with Gasteiger partial charge in [0, 0.05) is 29.5 Å². The van der Waals surface area contributed by atoms with Crippen molar-refractivity contribution in [1.82, 2.24) is 36.2 Å². The van der Waals surface area contributed by atoms with E-state index in [4.69, 9.17) is 16.4 Å². The number of β-lactam (4-membered cyclic amide) rings is 1. The van der Waals surface area contributed by atoms with Crippen LogP contribution in [0.4, 0.5) is 5.13 Å². The zero-order valence-corrected chi connectivity index (χ0v) is 27.0. The van der Waals surface area contributed by atoms with E-state index in [-0.39, 0.29) is 46.1 Å². The van der Waals surface area contributed by atoms with Gasteiger partial charge in [-0.2, -0.15) is 0 Å². The number of nitrogens with zero attached hydrogens (tertiary/aromatic N) is 6. The fourth-order valence-electron chi connectivity index (χ4n) is 4.58. The van der Waals surface area contributed by atoms with Crippen LogP contribution in [-0.2, 0) is 28.8 Å². The van der Waals surface area contributed by atoms with Crippen molar-refractivity contribution in [2.45, 2.75) is 30.9 Å². The number of nitrogens with one attached hydrogen (secondary N) is 3. The van der Waals surface area contributed by atoms with E-state index in [1.165, 1.54) is 46.4 Å². The number of fused-ring (bicyclic) bond motifs is 2. The molecule has 0 aliphatic carbocycles. The van der Waals surface area contributed by atoms with Crippen LogP contribution in [0, 0.1) is 5.41 Å². The van der Waals surface area contributed by atoms with Gasteiger partial charge in [-0.05, 0) is 13.8 Å². The maximum absolute atomic E-state index is 13.4. The largest absolute Gasteiger partial charge is 0.481 e. The third-order valence-electron chi connectivity index (χ3n) is 7.22. The van der Waals surface area contributed by atoms with Crippen LogP contribution in [-0.4, -0.2) is 118 Å². The van der Waals surface area contributed by atoms with Crippen molar-refractivity contribution in [3.8, 4) is 0 Å². The number of thioether (sulfide) groups is 2. The van der Waals surface area contributed by atoms with E-state index in [0.717, 1.165) is 34.9 Å². The van der Waals surface area contributed by atoms with Gasteiger partial charge in [-0.1, -0.05) is 5.16 Å². The number of thiazole rings is 1. The second kappa shape index (κ2) is 13.0. The summed E-state index contributed by atoms with van der Waals surface area (Å²) in [5, 5.41) is 39.7. The summed E-state index contributed by atoms with van der Waals surface area (Å²) in [4.78, 5) is 77.7. The molecule has 252 valence electrons. The van der Waals surface area contributed by atoms with E-state index < -0.39 is 58.8 Å². The Bertz CT molecular complexity index is 1640. The molecule has 0 bridgehead atoms. The van der Waals surface area contributed by atoms with Gasteiger partial charge in [0.1, 0.15) is 29.3 Å². The van der Waals surface area contributed by atoms with E-state index in [0.29, 0.717) is 5.03 Å². The average Bonchev–Trinajstić information content (AvgIpc) is 3.67. The molecule has 1 aromatic heterocycles. The summed E-state index contributed by atoms with van der Waals surface area (Å²) in [5.41, 5.74) is 6.86. The summed E-state index contributed by atoms with van der Waals surface area (Å²) in [6, 6.07) is -1.03. The summed E-state index contributed by atoms with van der Waals surface area (Å²) in [6.45, 7) is 2.11. The Morgan fingerprint density at radius 3 is 2.68 bits per heavy atom. The lowest BCUT2D eigenvalue weighted by Gasteiger charge is -2.53. The zero-order chi connectivity index (χ0) is 34.3. The number of nitrogen functional groups attached to an aromatic ring is 1. The molecule has 4 aliphatic heterocycles. The van der Waals surface area contributed by atoms with E-state index in [2.05, 4.69) is 26.0 Å². The minimum Gasteiger partial charge on any atom is -0.481 e. The molecule has 2 unspecified atom stereocenters. The number of carboxylic acid groups (broad SMARTS) is 2. The molecule has 2 saturated heterocycles. The van der Waals surface area contributed by atoms with E-state index in [1.807, 2.05) is 5.43 Å². The van der Waals surface area contributed by atoms with Crippen molar-refractivity contribution in [3.63, 3.8) is 0 Å². The van der Waals surface area contributed by atoms with Gasteiger partial charge in [-0.15, -0.1) is 40.4 Å². The van der Waals surface area contributed by atoms with Crippen LogP contribution in [0.5, 0.6) is 0 Å². The van der Waals surface area contributed by atoms with E-state index in [1.54, 1.807) is 0 Å². The Labute approximate surface area is 277 Å². The molecule has 4 aliphatic rings. The molecule has 47 heavy (non-hydrogen) atoms. The van der Waals surface area contributed by atoms with Crippen LogP contribution in [0.3, 0.4) is 0 Å². The van der Waals surface area contributed by atoms with Gasteiger partial charge in [0.25, 0.3) is 11.8 Å². The number of carboxylic acids is 2. The zero-order valence-electron chi connectivity index (χ0n) is 24.6. The first-order valence-corrected chi connectivity index (χ1v) is 16.4. The third kappa shape index (κ3) is 6.57. The number of aliphatic hydroxyl groups is 1. The quantitative estimate of drug-likeness (QED) is 0.0368. The monoisotopic (exact) mass is 711 g/mol. The van der Waals surface area contributed by atoms with Gasteiger partial charge >= 0.3 is 11.9 Å². The number of nitrogens with two attached hydrogens (primary N) is 2. The van der Waals surface area contributed by atoms with Gasteiger partial charge in [0.05, 0.1) is 11.2 Å². The molecular weight excluding hydrogens is 683 g/mol. The topological polar surface area (TPSA) is 291 Å². The summed E-state index contributed by atoms with van der Waals surface area (Å²) < 4.78 is 0. The molecule has 20 nitrogen and oxygen atoms in total. The summed E-state index contributed by atoms with van der Waals surface area (Å²) in [5.74, 6) is 0.798. The summed E-state index contributed by atoms with van der Waals surface area (Å²) >= 11 is 3.23. The highest BCUT2D eigenvalue weighted by molar-refractivity contribution is 8.03. The normalized spacial score (nSPS) is 23.9. The first-order valence-electron chi connectivity index (χ1n) is 13.5. The number of oxime groups is 1. The molecule has 5 rings (SSSR count). The smallest absolute Gasteiger partial charge is 0.354 e. The second-order valence-electron chi connectivity index (χ2n) is 10.9. The van der Waals surface area contributed by atoms with Gasteiger partial charge in [-0.3, -0.25) is 29.6 Å². The predicted molar refractivity (Wildman–Crippen MR) is 168 cm³/mol. The molecule has 0 saturated carbocycles. The van der Waals surface area contributed by atoms with Crippen LogP contribution in [0.25, 0.3) is 0 Å². The molecule has 1 aromatic rings. The van der Waals surface area contributed by atoms with Gasteiger partial charge in [-0.25, -0.2) is 25.6 Å². The lowest BCUT2D eigenvalue weighted by atomic mass is 9.89. The number of carbonyl (C=O) groups is 5. The number of rotatable bonds is 12. The molecule has 0 spiro atoms. The summed E-state index contributed by atoms with van der Waals surface area (Å²) in [7, 11) is 0. The standard InChI is InChI=1S/C24H29N11O9S3/c1-23(2,20(41)30-26)44-31-14(11-5-45-22(25)28-11)16(37)29-15-17(38)34-6-24(21(42)43,8-47-18(15)34)7-46-13-3-10(19(39)40)27-12-4-33(9-36)32-35(12)13/h3-5,15,18,32,36H,6-9,26H2,1-2H3,(H2,25,28)(H,29,37)(H,30,41)(H,39,40)(H,42,43)/t15?,18-,24?/m1/s1. The Morgan fingerprint density at radius 1 is 1.32 bits per heavy atom. The Morgan fingerprint density at radius 2 is 2.06 bits per heavy atom. The minimum absolute atomic E-state index is 0.0384. The van der Waals surface area contributed by atoms with Crippen molar-refractivity contribution in [2.75, 3.05) is 30.5 Å². The van der Waals surface area contributed by atoms with Crippen molar-refractivity contribution in [1.29, 1.82) is 0 Å². The fourth-order valence-corrected chi connectivity index (χ4v) is 7.99. The number of aliphatic hydroxyl groups excluding tert-OH is 1. The van der Waals surface area contributed by atoms with Crippen LogP contribution in [0.1, 0.15) is 19.5 Å². The second-order valence-corrected chi connectivity index (χ2v) is 13.9. The van der Waals surface area contributed by atoms with E-state index >= 15 is 0 Å². The molecule has 0 aromatic carbocycles. The van der Waals surface area contributed by atoms with Crippen molar-refractivity contribution >= 4 is 81.1 Å². The number of aromatic nitrogens is 1. The lowest BCUT2D eigenvalue weighted by molar-refractivity contribution is -0.157. The SMILES string of the molecule is CC(C)(ON=C(C(=O)NC1C(=O)N2CC(CSC3=CC(C(=O)O)=NC4=CN(CO)NN43)(C(=O)O)CS[C@H]12)c1csc(N)n1)C(=O)NN. The Balaban J connectivity index is 1.28. The Hall–Kier alpha value is -4.42. The number of hydrogen-bond donors (Lipinski definition) is 8. The van der Waals surface area contributed by atoms with Gasteiger partial charge in [0.15, 0.2) is 22.4 Å². The molecule has 3 atom stereocenters. The molecule has 23 heteroatoms. The van der Waals surface area contributed by atoms with Crippen molar-refractivity contribution in [2.24, 2.45) is 21.4 Å². The van der Waals surface area contributed by atoms with Crippen LogP contribution in [0.15, 0.2) is 38.7 Å². The molecular formula is C24H29N11O9S3. The van der Waals surface area contributed by atoms with Crippen LogP contribution >= 0.6 is 34.9 Å². The average molecular weight is 712 g/mol. The van der Waals surface area contributed by atoms with Crippen molar-refractivity contribution in [3.05, 3.63) is 34.2 Å². The highest BCUT2D eigenvalue weighted by Crippen LogP contribution is 2.45. The van der Waals surface area contributed by atoms with E-state index in [9.17, 15) is 39.3 Å². The number of anilines is 1. The molecule has 5 heterocycles. The summed E-state index contributed by atoms with van der Waals surface area (Å²) in [6.07, 6.45) is 2.66. The van der Waals surface area contributed by atoms with Crippen LogP contribution < -0.4 is 27.9 Å². The number of aliphatic carboxylic acids is 2. The minimum atomic E-state index is -1.57. The highest BCUT2D eigenvalue weighted by atomic mass is 32.2. The lowest BCUT2D eigenvalue weighted by Crippen LogP contribution is -2.74. The molecule has 2 fully saturated rings. The maximum Gasteiger partial charge on any atom is 0.354 e. The first-order chi connectivity index (χ1) is 22.2.